The van der Waals surface area contributed by atoms with Gasteiger partial charge >= 0.3 is 0 Å². The Morgan fingerprint density at radius 3 is 2.61 bits per heavy atom. The zero-order valence-electron chi connectivity index (χ0n) is 17.0. The van der Waals surface area contributed by atoms with Gasteiger partial charge in [-0.05, 0) is 48.4 Å². The number of ether oxygens (including phenoxy) is 2. The molecule has 2 atom stereocenters. The molecule has 3 rings (SSSR count). The second kappa shape index (κ2) is 11.7. The number of benzene rings is 2. The summed E-state index contributed by atoms with van der Waals surface area (Å²) in [5.41, 5.74) is 1.29. The first-order chi connectivity index (χ1) is 15.2. The lowest BCUT2D eigenvalue weighted by atomic mass is 10.1. The van der Waals surface area contributed by atoms with Gasteiger partial charge in [-0.2, -0.15) is 5.26 Å². The molecule has 1 aromatic heterocycles. The van der Waals surface area contributed by atoms with Crippen molar-refractivity contribution in [3.8, 4) is 23.4 Å². The van der Waals surface area contributed by atoms with Crippen LogP contribution in [0.4, 0.5) is 0 Å². The third-order valence-corrected chi connectivity index (χ3v) is 4.53. The van der Waals surface area contributed by atoms with Gasteiger partial charge in [0.1, 0.15) is 35.8 Å². The van der Waals surface area contributed by atoms with Gasteiger partial charge in [-0.1, -0.05) is 30.3 Å². The van der Waals surface area contributed by atoms with Crippen molar-refractivity contribution in [2.45, 2.75) is 18.6 Å². The Hall–Kier alpha value is -3.44. The molecule has 0 aliphatic rings. The minimum absolute atomic E-state index is 0.0871. The van der Waals surface area contributed by atoms with E-state index in [0.29, 0.717) is 23.5 Å². The van der Waals surface area contributed by atoms with Gasteiger partial charge in [0.05, 0.1) is 6.61 Å². The van der Waals surface area contributed by atoms with Crippen molar-refractivity contribution in [1.29, 1.82) is 5.26 Å². The summed E-state index contributed by atoms with van der Waals surface area (Å²) in [7, 11) is 0. The summed E-state index contributed by atoms with van der Waals surface area (Å²) in [4.78, 5) is 4.10. The zero-order valence-corrected chi connectivity index (χ0v) is 17.0. The molecule has 0 radical (unpaired) electrons. The molecule has 0 spiro atoms. The molecule has 2 aromatic carbocycles. The van der Waals surface area contributed by atoms with Gasteiger partial charge in [0.2, 0.25) is 5.88 Å². The van der Waals surface area contributed by atoms with Crippen molar-refractivity contribution in [2.24, 2.45) is 0 Å². The van der Waals surface area contributed by atoms with E-state index in [4.69, 9.17) is 9.47 Å². The van der Waals surface area contributed by atoms with Crippen molar-refractivity contribution in [3.63, 3.8) is 0 Å². The predicted molar refractivity (Wildman–Crippen MR) is 116 cm³/mol. The van der Waals surface area contributed by atoms with E-state index in [-0.39, 0.29) is 31.7 Å². The van der Waals surface area contributed by atoms with Gasteiger partial charge in [-0.15, -0.1) is 0 Å². The van der Waals surface area contributed by atoms with Crippen LogP contribution in [0.15, 0.2) is 72.9 Å². The second-order valence-electron chi connectivity index (χ2n) is 6.99. The van der Waals surface area contributed by atoms with Crippen LogP contribution >= 0.6 is 0 Å². The van der Waals surface area contributed by atoms with E-state index in [2.05, 4.69) is 16.4 Å². The lowest BCUT2D eigenvalue weighted by molar-refractivity contribution is 0.0997. The van der Waals surface area contributed by atoms with Crippen molar-refractivity contribution in [2.75, 3.05) is 19.8 Å². The Labute approximate surface area is 181 Å². The number of aromatic nitrogens is 1. The highest BCUT2D eigenvalue weighted by atomic mass is 16.5. The Bertz CT molecular complexity index is 991. The van der Waals surface area contributed by atoms with Crippen LogP contribution in [0.1, 0.15) is 11.1 Å². The van der Waals surface area contributed by atoms with Gasteiger partial charge in [0, 0.05) is 18.8 Å². The van der Waals surface area contributed by atoms with Gasteiger partial charge in [0.25, 0.3) is 0 Å². The number of aliphatic hydroxyl groups is 2. The maximum atomic E-state index is 10.2. The van der Waals surface area contributed by atoms with Crippen LogP contribution in [-0.4, -0.2) is 47.1 Å². The monoisotopic (exact) mass is 419 g/mol. The summed E-state index contributed by atoms with van der Waals surface area (Å²) >= 11 is 0. The largest absolute Gasteiger partial charge is 0.491 e. The highest BCUT2D eigenvalue weighted by Crippen LogP contribution is 2.23. The maximum absolute atomic E-state index is 10.2. The molecule has 31 heavy (non-hydrogen) atoms. The van der Waals surface area contributed by atoms with Crippen LogP contribution in [0.3, 0.4) is 0 Å². The first-order valence-electron chi connectivity index (χ1n) is 10.00. The molecule has 0 saturated heterocycles. The van der Waals surface area contributed by atoms with E-state index in [1.54, 1.807) is 24.4 Å². The first-order valence-corrected chi connectivity index (χ1v) is 10.00. The van der Waals surface area contributed by atoms with Crippen LogP contribution in [0.5, 0.6) is 17.4 Å². The van der Waals surface area contributed by atoms with Crippen LogP contribution in [0, 0.1) is 11.3 Å². The number of hydrogen-bond donors (Lipinski definition) is 3. The molecule has 0 bridgehead atoms. The van der Waals surface area contributed by atoms with Crippen molar-refractivity contribution in [3.05, 3.63) is 84.1 Å². The number of nitrogens with one attached hydrogen (secondary N) is 1. The second-order valence-corrected chi connectivity index (χ2v) is 6.99. The Kier molecular flexibility index (Phi) is 8.38. The lowest BCUT2D eigenvalue weighted by Crippen LogP contribution is -2.41. The molecule has 160 valence electrons. The molecule has 0 fully saturated rings. The highest BCUT2D eigenvalue weighted by Gasteiger charge is 2.13. The summed E-state index contributed by atoms with van der Waals surface area (Å²) in [6.45, 7) is 0.355. The van der Waals surface area contributed by atoms with Crippen LogP contribution in [0.2, 0.25) is 0 Å². The van der Waals surface area contributed by atoms with E-state index < -0.39 is 6.10 Å². The molecular weight excluding hydrogens is 394 g/mol. The predicted octanol–water partition coefficient (Wildman–Crippen LogP) is 2.68. The quantitative estimate of drug-likeness (QED) is 0.439. The summed E-state index contributed by atoms with van der Waals surface area (Å²) < 4.78 is 11.3. The fraction of sp³-hybridized carbons (Fsp3) is 0.250. The van der Waals surface area contributed by atoms with Gasteiger partial charge in [-0.3, -0.25) is 0 Å². The van der Waals surface area contributed by atoms with E-state index in [9.17, 15) is 15.5 Å². The molecule has 7 heteroatoms. The van der Waals surface area contributed by atoms with Gasteiger partial charge in [0.15, 0.2) is 0 Å². The van der Waals surface area contributed by atoms with E-state index in [1.165, 1.54) is 0 Å². The van der Waals surface area contributed by atoms with E-state index in [0.717, 1.165) is 5.56 Å². The number of rotatable bonds is 11. The number of para-hydroxylation sites is 1. The maximum Gasteiger partial charge on any atom is 0.237 e. The third-order valence-electron chi connectivity index (χ3n) is 4.53. The van der Waals surface area contributed by atoms with E-state index >= 15 is 0 Å². The standard InChI is InChI=1S/C24H25N3O4/c25-14-19-7-5-11-26-24(19)31-23-10-4-6-18(13-23)12-20(16-28)27-15-21(29)17-30-22-8-2-1-3-9-22/h1-11,13,20-21,27-29H,12,15-17H2. The fourth-order valence-corrected chi connectivity index (χ4v) is 2.96. The molecular formula is C24H25N3O4. The number of nitrogens with zero attached hydrogens (tertiary/aromatic N) is 2. The van der Waals surface area contributed by atoms with Crippen molar-refractivity contribution < 1.29 is 19.7 Å². The molecule has 0 saturated carbocycles. The molecule has 0 aliphatic heterocycles. The smallest absolute Gasteiger partial charge is 0.237 e. The normalized spacial score (nSPS) is 12.5. The third kappa shape index (κ3) is 7.08. The van der Waals surface area contributed by atoms with Crippen LogP contribution in [-0.2, 0) is 6.42 Å². The molecule has 3 aromatic rings. The number of hydrogen-bond acceptors (Lipinski definition) is 7. The van der Waals surface area contributed by atoms with Crippen LogP contribution < -0.4 is 14.8 Å². The SMILES string of the molecule is N#Cc1cccnc1Oc1cccc(CC(CO)NCC(O)COc2ccccc2)c1. The lowest BCUT2D eigenvalue weighted by Gasteiger charge is -2.19. The molecule has 0 amide bonds. The van der Waals surface area contributed by atoms with E-state index in [1.807, 2.05) is 48.5 Å². The summed E-state index contributed by atoms with van der Waals surface area (Å²) in [5, 5.41) is 32.2. The summed E-state index contributed by atoms with van der Waals surface area (Å²) in [6.07, 6.45) is 1.39. The number of pyridine rings is 1. The van der Waals surface area contributed by atoms with Crippen LogP contribution in [0.25, 0.3) is 0 Å². The average molecular weight is 419 g/mol. The molecule has 0 aliphatic carbocycles. The summed E-state index contributed by atoms with van der Waals surface area (Å²) in [6, 6.07) is 21.8. The Balaban J connectivity index is 1.52. The molecule has 3 N–H and O–H groups in total. The van der Waals surface area contributed by atoms with Crippen molar-refractivity contribution in [1.82, 2.24) is 10.3 Å². The summed E-state index contributed by atoms with van der Waals surface area (Å²) in [5.74, 6) is 1.51. The topological polar surface area (TPSA) is 108 Å². The van der Waals surface area contributed by atoms with Gasteiger partial charge < -0.3 is 25.0 Å². The Morgan fingerprint density at radius 1 is 1.03 bits per heavy atom. The first kappa shape index (κ1) is 22.2. The minimum atomic E-state index is -0.711. The molecule has 7 nitrogen and oxygen atoms in total. The van der Waals surface area contributed by atoms with Gasteiger partial charge in [-0.25, -0.2) is 4.98 Å². The fourth-order valence-electron chi connectivity index (χ4n) is 2.96. The molecule has 2 unspecified atom stereocenters. The minimum Gasteiger partial charge on any atom is -0.491 e. The van der Waals surface area contributed by atoms with Crippen molar-refractivity contribution >= 4 is 0 Å². The highest BCUT2D eigenvalue weighted by molar-refractivity contribution is 5.40. The molecule has 1 heterocycles. The Morgan fingerprint density at radius 2 is 1.84 bits per heavy atom. The average Bonchev–Trinajstić information content (AvgIpc) is 2.81. The number of nitriles is 1. The zero-order chi connectivity index (χ0) is 21.9. The number of aliphatic hydroxyl groups excluding tert-OH is 2.